The number of nitrogens with two attached hydrogens (primary N) is 1. The van der Waals surface area contributed by atoms with E-state index in [4.69, 9.17) is 39.6 Å². The molecule has 10 heteroatoms. The highest BCUT2D eigenvalue weighted by Gasteiger charge is 2.04. The molecule has 6 N–H and O–H groups in total. The zero-order valence-corrected chi connectivity index (χ0v) is 8.61. The van der Waals surface area contributed by atoms with Crippen LogP contribution in [0.4, 0.5) is 0 Å². The van der Waals surface area contributed by atoms with Crippen molar-refractivity contribution < 1.29 is 44.4 Å². The van der Waals surface area contributed by atoms with E-state index < -0.39 is 23.9 Å². The zero-order chi connectivity index (χ0) is 14.6. The molecular formula is C7H11NO9. The van der Waals surface area contributed by atoms with Crippen LogP contribution in [-0.4, -0.2) is 50.2 Å². The average Bonchev–Trinajstić information content (AvgIpc) is 2.19. The summed E-state index contributed by atoms with van der Waals surface area (Å²) in [5.74, 6) is -7.54. The third-order valence-electron chi connectivity index (χ3n) is 0.714. The van der Waals surface area contributed by atoms with Gasteiger partial charge in [0.1, 0.15) is 0 Å². The van der Waals surface area contributed by atoms with Crippen molar-refractivity contribution in [2.24, 2.45) is 5.73 Å². The first-order valence-electron chi connectivity index (χ1n) is 3.76. The minimum Gasteiger partial charge on any atom is -0.473 e. The van der Waals surface area contributed by atoms with Crippen molar-refractivity contribution in [2.45, 2.75) is 13.3 Å². The third-order valence-corrected chi connectivity index (χ3v) is 0.714. The van der Waals surface area contributed by atoms with Gasteiger partial charge in [0.2, 0.25) is 5.91 Å². The Labute approximate surface area is 94.3 Å². The molecular weight excluding hydrogens is 242 g/mol. The van der Waals surface area contributed by atoms with Gasteiger partial charge in [-0.3, -0.25) is 4.79 Å². The molecule has 98 valence electrons. The van der Waals surface area contributed by atoms with Crippen LogP contribution in [0.15, 0.2) is 0 Å². The monoisotopic (exact) mass is 253 g/mol. The molecule has 1 amide bonds. The van der Waals surface area contributed by atoms with Gasteiger partial charge in [-0.25, -0.2) is 19.2 Å². The molecule has 0 spiro atoms. The molecule has 10 nitrogen and oxygen atoms in total. The van der Waals surface area contributed by atoms with Crippen LogP contribution in [0.2, 0.25) is 0 Å². The Hall–Kier alpha value is -2.65. The van der Waals surface area contributed by atoms with Crippen LogP contribution in [0.3, 0.4) is 0 Å². The first-order chi connectivity index (χ1) is 7.56. The molecule has 0 aromatic carbocycles. The number of carboxylic acid groups (broad SMARTS) is 4. The molecule has 0 fully saturated rings. The highest BCUT2D eigenvalue weighted by atomic mass is 16.4. The molecule has 0 aliphatic heterocycles. The summed E-state index contributed by atoms with van der Waals surface area (Å²) >= 11 is 0. The van der Waals surface area contributed by atoms with E-state index in [9.17, 15) is 4.79 Å². The molecule has 0 saturated heterocycles. The molecule has 0 aromatic heterocycles. The molecule has 0 aromatic rings. The van der Waals surface area contributed by atoms with Crippen molar-refractivity contribution in [2.75, 3.05) is 0 Å². The van der Waals surface area contributed by atoms with Crippen molar-refractivity contribution >= 4 is 29.8 Å². The summed E-state index contributed by atoms with van der Waals surface area (Å²) in [7, 11) is 0. The van der Waals surface area contributed by atoms with E-state index in [1.54, 1.807) is 6.92 Å². The summed E-state index contributed by atoms with van der Waals surface area (Å²) in [6, 6.07) is 0. The summed E-state index contributed by atoms with van der Waals surface area (Å²) in [5.41, 5.74) is 4.65. The maximum Gasteiger partial charge on any atom is 0.414 e. The van der Waals surface area contributed by atoms with Gasteiger partial charge in [-0.1, -0.05) is 6.92 Å². The molecule has 0 unspecified atom stereocenters. The number of carboxylic acids is 4. The van der Waals surface area contributed by atoms with Crippen LogP contribution in [0.25, 0.3) is 0 Å². The summed E-state index contributed by atoms with van der Waals surface area (Å²) in [5, 5.41) is 29.6. The first-order valence-corrected chi connectivity index (χ1v) is 3.76. The minimum atomic E-state index is -1.82. The normalized spacial score (nSPS) is 7.35. The average molecular weight is 253 g/mol. The lowest BCUT2D eigenvalue weighted by molar-refractivity contribution is -0.159. The van der Waals surface area contributed by atoms with Crippen LogP contribution >= 0.6 is 0 Å². The summed E-state index contributed by atoms with van der Waals surface area (Å²) in [6.45, 7) is 1.72. The predicted octanol–water partition coefficient (Wildman–Crippen LogP) is -1.81. The highest BCUT2D eigenvalue weighted by Crippen LogP contribution is 1.63. The van der Waals surface area contributed by atoms with E-state index in [0.29, 0.717) is 6.42 Å². The predicted molar refractivity (Wildman–Crippen MR) is 50.0 cm³/mol. The molecule has 0 radical (unpaired) electrons. The van der Waals surface area contributed by atoms with E-state index in [0.717, 1.165) is 0 Å². The van der Waals surface area contributed by atoms with Crippen molar-refractivity contribution in [3.8, 4) is 0 Å². The number of primary amides is 1. The van der Waals surface area contributed by atoms with Gasteiger partial charge < -0.3 is 26.2 Å². The third kappa shape index (κ3) is 31.8. The maximum absolute atomic E-state index is 9.59. The highest BCUT2D eigenvalue weighted by molar-refractivity contribution is 6.27. The van der Waals surface area contributed by atoms with Gasteiger partial charge >= 0.3 is 23.9 Å². The van der Waals surface area contributed by atoms with Gasteiger partial charge in [-0.2, -0.15) is 0 Å². The van der Waals surface area contributed by atoms with Crippen LogP contribution in [0.1, 0.15) is 13.3 Å². The Bertz CT molecular complexity index is 260. The Morgan fingerprint density at radius 2 is 0.882 bits per heavy atom. The van der Waals surface area contributed by atoms with Crippen LogP contribution in [-0.2, 0) is 24.0 Å². The fourth-order valence-corrected chi connectivity index (χ4v) is 0. The number of rotatable bonds is 1. The summed E-state index contributed by atoms with van der Waals surface area (Å²) < 4.78 is 0. The fraction of sp³-hybridized carbons (Fsp3) is 0.286. The van der Waals surface area contributed by atoms with Crippen molar-refractivity contribution in [1.29, 1.82) is 0 Å². The largest absolute Gasteiger partial charge is 0.473 e. The molecule has 0 bridgehead atoms. The quantitative estimate of drug-likeness (QED) is 0.335. The molecule has 0 aliphatic carbocycles. The Morgan fingerprint density at radius 3 is 0.882 bits per heavy atom. The van der Waals surface area contributed by atoms with Gasteiger partial charge in [0, 0.05) is 6.42 Å². The molecule has 0 atom stereocenters. The lowest BCUT2D eigenvalue weighted by Gasteiger charge is -1.73. The summed E-state index contributed by atoms with van der Waals surface area (Å²) in [4.78, 5) is 46.0. The van der Waals surface area contributed by atoms with Crippen molar-refractivity contribution in [3.63, 3.8) is 0 Å². The second kappa shape index (κ2) is 11.4. The second-order valence-electron chi connectivity index (χ2n) is 2.04. The second-order valence-corrected chi connectivity index (χ2v) is 2.04. The zero-order valence-electron chi connectivity index (χ0n) is 8.61. The summed E-state index contributed by atoms with van der Waals surface area (Å²) in [6.07, 6.45) is 0.444. The number of aliphatic carboxylic acids is 4. The molecule has 0 aliphatic rings. The molecule has 0 saturated carbocycles. The fourth-order valence-electron chi connectivity index (χ4n) is 0. The first kappa shape index (κ1) is 19.9. The SMILES string of the molecule is CCC(N)=O.O=C(O)C(=O)O.O=C(O)C(=O)O. The lowest BCUT2D eigenvalue weighted by Crippen LogP contribution is -2.09. The van der Waals surface area contributed by atoms with E-state index in [2.05, 4.69) is 5.73 Å². The smallest absolute Gasteiger partial charge is 0.414 e. The Morgan fingerprint density at radius 1 is 0.765 bits per heavy atom. The van der Waals surface area contributed by atoms with Gasteiger partial charge in [0.15, 0.2) is 0 Å². The van der Waals surface area contributed by atoms with Crippen molar-refractivity contribution in [1.82, 2.24) is 0 Å². The van der Waals surface area contributed by atoms with E-state index in [1.165, 1.54) is 0 Å². The van der Waals surface area contributed by atoms with Gasteiger partial charge in [0.25, 0.3) is 0 Å². The van der Waals surface area contributed by atoms with Crippen molar-refractivity contribution in [3.05, 3.63) is 0 Å². The van der Waals surface area contributed by atoms with E-state index >= 15 is 0 Å². The number of carbonyl (C=O) groups is 5. The minimum absolute atomic E-state index is 0.245. The standard InChI is InChI=1S/C3H7NO.2C2H2O4/c1-2-3(4)5;2*3-1(4)2(5)6/h2H2,1H3,(H2,4,5);2*(H,3,4)(H,5,6). The number of hydrogen-bond acceptors (Lipinski definition) is 5. The van der Waals surface area contributed by atoms with Crippen LogP contribution in [0.5, 0.6) is 0 Å². The number of hydrogen-bond donors (Lipinski definition) is 5. The lowest BCUT2D eigenvalue weighted by atomic mass is 10.5. The molecule has 0 rings (SSSR count). The number of carbonyl (C=O) groups excluding carboxylic acids is 1. The van der Waals surface area contributed by atoms with Crippen LogP contribution in [0, 0.1) is 0 Å². The topological polar surface area (TPSA) is 192 Å². The van der Waals surface area contributed by atoms with E-state index in [1.807, 2.05) is 0 Å². The van der Waals surface area contributed by atoms with Gasteiger partial charge in [-0.05, 0) is 0 Å². The van der Waals surface area contributed by atoms with Gasteiger partial charge in [0.05, 0.1) is 0 Å². The maximum atomic E-state index is 9.59. The van der Waals surface area contributed by atoms with E-state index in [-0.39, 0.29) is 5.91 Å². The number of amides is 1. The Balaban J connectivity index is -0.000000174. The molecule has 17 heavy (non-hydrogen) atoms. The Kier molecular flexibility index (Phi) is 13.3. The molecule has 0 heterocycles. The van der Waals surface area contributed by atoms with Crippen LogP contribution < -0.4 is 5.73 Å². The van der Waals surface area contributed by atoms with Gasteiger partial charge in [-0.15, -0.1) is 0 Å².